The number of aromatic hydroxyl groups is 1. The summed E-state index contributed by atoms with van der Waals surface area (Å²) in [4.78, 5) is 0. The van der Waals surface area contributed by atoms with Crippen molar-refractivity contribution in [3.05, 3.63) is 58.7 Å². The first-order valence-electron chi connectivity index (χ1n) is 6.71. The quantitative estimate of drug-likeness (QED) is 0.813. The average molecular weight is 271 g/mol. The first-order valence-corrected chi connectivity index (χ1v) is 6.71. The molecule has 0 saturated carbocycles. The molecule has 0 heterocycles. The summed E-state index contributed by atoms with van der Waals surface area (Å²) < 4.78 is 5.10. The number of ether oxygens (including phenoxy) is 1. The number of benzene rings is 2. The minimum atomic E-state index is 0.344. The van der Waals surface area contributed by atoms with E-state index in [9.17, 15) is 5.11 Å². The van der Waals surface area contributed by atoms with Crippen molar-refractivity contribution in [2.75, 3.05) is 12.4 Å². The third kappa shape index (κ3) is 3.52. The van der Waals surface area contributed by atoms with E-state index < -0.39 is 0 Å². The Morgan fingerprint density at radius 2 is 1.65 bits per heavy atom. The van der Waals surface area contributed by atoms with Gasteiger partial charge in [0.15, 0.2) is 0 Å². The SMILES string of the molecule is COCc1ccc(CNc2cc(C)c(O)cc2C)cc1. The second-order valence-electron chi connectivity index (χ2n) is 5.06. The second-order valence-corrected chi connectivity index (χ2v) is 5.06. The van der Waals surface area contributed by atoms with Gasteiger partial charge < -0.3 is 15.2 Å². The van der Waals surface area contributed by atoms with Crippen LogP contribution in [0.3, 0.4) is 0 Å². The molecule has 0 spiro atoms. The Kier molecular flexibility index (Phi) is 4.64. The second kappa shape index (κ2) is 6.44. The van der Waals surface area contributed by atoms with Crippen molar-refractivity contribution in [3.8, 4) is 5.75 Å². The van der Waals surface area contributed by atoms with Crippen LogP contribution in [0.5, 0.6) is 5.75 Å². The summed E-state index contributed by atoms with van der Waals surface area (Å²) in [5.41, 5.74) is 5.38. The van der Waals surface area contributed by atoms with Crippen LogP contribution in [0.4, 0.5) is 5.69 Å². The Morgan fingerprint density at radius 1 is 1.00 bits per heavy atom. The number of aryl methyl sites for hydroxylation is 2. The zero-order valence-corrected chi connectivity index (χ0v) is 12.2. The first kappa shape index (κ1) is 14.4. The Labute approximate surface area is 120 Å². The fourth-order valence-electron chi connectivity index (χ4n) is 2.11. The Bertz CT molecular complexity index is 576. The summed E-state index contributed by atoms with van der Waals surface area (Å²) in [6.45, 7) is 5.30. The predicted octanol–water partition coefficient (Wildman–Crippen LogP) is 3.77. The molecule has 106 valence electrons. The zero-order valence-electron chi connectivity index (χ0n) is 12.2. The summed E-state index contributed by atoms with van der Waals surface area (Å²) in [6, 6.07) is 12.1. The molecule has 2 aromatic carbocycles. The van der Waals surface area contributed by atoms with Gasteiger partial charge in [0.05, 0.1) is 6.61 Å². The normalized spacial score (nSPS) is 10.6. The van der Waals surface area contributed by atoms with Crippen molar-refractivity contribution in [1.82, 2.24) is 0 Å². The molecular formula is C17H21NO2. The van der Waals surface area contributed by atoms with Gasteiger partial charge in [-0.2, -0.15) is 0 Å². The van der Waals surface area contributed by atoms with Crippen LogP contribution in [0.1, 0.15) is 22.3 Å². The molecular weight excluding hydrogens is 250 g/mol. The lowest BCUT2D eigenvalue weighted by Crippen LogP contribution is -2.01. The zero-order chi connectivity index (χ0) is 14.5. The van der Waals surface area contributed by atoms with Crippen LogP contribution in [-0.4, -0.2) is 12.2 Å². The molecule has 3 heteroatoms. The van der Waals surface area contributed by atoms with Crippen molar-refractivity contribution in [2.24, 2.45) is 0 Å². The van der Waals surface area contributed by atoms with Gasteiger partial charge in [0.2, 0.25) is 0 Å². The van der Waals surface area contributed by atoms with Crippen LogP contribution in [0.25, 0.3) is 0 Å². The molecule has 2 aromatic rings. The van der Waals surface area contributed by atoms with E-state index in [-0.39, 0.29) is 0 Å². The van der Waals surface area contributed by atoms with Gasteiger partial charge in [-0.05, 0) is 48.2 Å². The summed E-state index contributed by atoms with van der Waals surface area (Å²) in [7, 11) is 1.70. The van der Waals surface area contributed by atoms with Gasteiger partial charge in [0.25, 0.3) is 0 Å². The van der Waals surface area contributed by atoms with Crippen molar-refractivity contribution >= 4 is 5.69 Å². The van der Waals surface area contributed by atoms with E-state index in [1.165, 1.54) is 11.1 Å². The van der Waals surface area contributed by atoms with Crippen molar-refractivity contribution < 1.29 is 9.84 Å². The molecule has 20 heavy (non-hydrogen) atoms. The molecule has 0 aliphatic carbocycles. The number of methoxy groups -OCH3 is 1. The maximum atomic E-state index is 9.65. The third-order valence-electron chi connectivity index (χ3n) is 3.36. The molecule has 0 aliphatic rings. The van der Waals surface area contributed by atoms with Crippen LogP contribution >= 0.6 is 0 Å². The van der Waals surface area contributed by atoms with Crippen LogP contribution in [0, 0.1) is 13.8 Å². The van der Waals surface area contributed by atoms with Crippen LogP contribution < -0.4 is 5.32 Å². The molecule has 0 unspecified atom stereocenters. The highest BCUT2D eigenvalue weighted by molar-refractivity contribution is 5.56. The van der Waals surface area contributed by atoms with Gasteiger partial charge in [-0.1, -0.05) is 24.3 Å². The van der Waals surface area contributed by atoms with E-state index in [1.807, 2.05) is 19.9 Å². The number of phenols is 1. The smallest absolute Gasteiger partial charge is 0.118 e. The number of anilines is 1. The molecule has 0 bridgehead atoms. The number of hydrogen-bond donors (Lipinski definition) is 2. The monoisotopic (exact) mass is 271 g/mol. The lowest BCUT2D eigenvalue weighted by Gasteiger charge is -2.12. The van der Waals surface area contributed by atoms with E-state index in [4.69, 9.17) is 4.74 Å². The molecule has 0 atom stereocenters. The summed E-state index contributed by atoms with van der Waals surface area (Å²) >= 11 is 0. The van der Waals surface area contributed by atoms with Crippen LogP contribution in [0.15, 0.2) is 36.4 Å². The van der Waals surface area contributed by atoms with Gasteiger partial charge in [-0.25, -0.2) is 0 Å². The minimum Gasteiger partial charge on any atom is -0.508 e. The minimum absolute atomic E-state index is 0.344. The topological polar surface area (TPSA) is 41.5 Å². The molecule has 0 amide bonds. The standard InChI is InChI=1S/C17H21NO2/c1-12-9-17(19)13(2)8-16(12)18-10-14-4-6-15(7-5-14)11-20-3/h4-9,18-19H,10-11H2,1-3H3. The number of rotatable bonds is 5. The largest absolute Gasteiger partial charge is 0.508 e. The van der Waals surface area contributed by atoms with E-state index in [2.05, 4.69) is 29.6 Å². The van der Waals surface area contributed by atoms with E-state index >= 15 is 0 Å². The maximum absolute atomic E-state index is 9.65. The number of hydrogen-bond acceptors (Lipinski definition) is 3. The molecule has 0 fully saturated rings. The average Bonchev–Trinajstić information content (AvgIpc) is 2.43. The lowest BCUT2D eigenvalue weighted by molar-refractivity contribution is 0.185. The molecule has 0 aromatic heterocycles. The van der Waals surface area contributed by atoms with Gasteiger partial charge in [0, 0.05) is 19.3 Å². The van der Waals surface area contributed by atoms with Crippen LogP contribution in [-0.2, 0) is 17.9 Å². The fraction of sp³-hybridized carbons (Fsp3) is 0.294. The fourth-order valence-corrected chi connectivity index (χ4v) is 2.11. The van der Waals surface area contributed by atoms with Crippen LogP contribution in [0.2, 0.25) is 0 Å². The van der Waals surface area contributed by atoms with E-state index in [0.717, 1.165) is 23.4 Å². The highest BCUT2D eigenvalue weighted by Crippen LogP contribution is 2.25. The van der Waals surface area contributed by atoms with Crippen molar-refractivity contribution in [3.63, 3.8) is 0 Å². The number of phenolic OH excluding ortho intramolecular Hbond substituents is 1. The molecule has 2 rings (SSSR count). The van der Waals surface area contributed by atoms with Gasteiger partial charge in [-0.3, -0.25) is 0 Å². The lowest BCUT2D eigenvalue weighted by atomic mass is 10.1. The molecule has 0 radical (unpaired) electrons. The first-order chi connectivity index (χ1) is 9.60. The third-order valence-corrected chi connectivity index (χ3v) is 3.36. The van der Waals surface area contributed by atoms with E-state index in [0.29, 0.717) is 12.4 Å². The van der Waals surface area contributed by atoms with Crippen molar-refractivity contribution in [1.29, 1.82) is 0 Å². The maximum Gasteiger partial charge on any atom is 0.118 e. The van der Waals surface area contributed by atoms with Gasteiger partial charge in [-0.15, -0.1) is 0 Å². The molecule has 3 nitrogen and oxygen atoms in total. The Morgan fingerprint density at radius 3 is 2.30 bits per heavy atom. The van der Waals surface area contributed by atoms with Gasteiger partial charge in [0.1, 0.15) is 5.75 Å². The Hall–Kier alpha value is -2.00. The van der Waals surface area contributed by atoms with E-state index in [1.54, 1.807) is 13.2 Å². The van der Waals surface area contributed by atoms with Crippen molar-refractivity contribution in [2.45, 2.75) is 27.0 Å². The molecule has 0 saturated heterocycles. The highest BCUT2D eigenvalue weighted by atomic mass is 16.5. The highest BCUT2D eigenvalue weighted by Gasteiger charge is 2.03. The summed E-state index contributed by atoms with van der Waals surface area (Å²) in [5.74, 6) is 0.344. The number of nitrogens with one attached hydrogen (secondary N) is 1. The molecule has 0 aliphatic heterocycles. The van der Waals surface area contributed by atoms with Gasteiger partial charge >= 0.3 is 0 Å². The predicted molar refractivity (Wildman–Crippen MR) is 82.1 cm³/mol. The Balaban J connectivity index is 2.03. The summed E-state index contributed by atoms with van der Waals surface area (Å²) in [6.07, 6.45) is 0. The molecule has 2 N–H and O–H groups in total. The summed E-state index contributed by atoms with van der Waals surface area (Å²) in [5, 5.41) is 13.1.